The summed E-state index contributed by atoms with van der Waals surface area (Å²) < 4.78 is 2.07. The second kappa shape index (κ2) is 7.64. The normalized spacial score (nSPS) is 11.2. The second-order valence-electron chi connectivity index (χ2n) is 6.34. The summed E-state index contributed by atoms with van der Waals surface area (Å²) in [6.07, 6.45) is 0. The number of benzene rings is 2. The first-order valence-corrected chi connectivity index (χ1v) is 9.79. The molecule has 0 aliphatic rings. The second-order valence-corrected chi connectivity index (χ2v) is 8.26. The Labute approximate surface area is 160 Å². The predicted octanol–water partition coefficient (Wildman–Crippen LogP) is 3.16. The van der Waals surface area contributed by atoms with Gasteiger partial charge in [0.15, 0.2) is 5.13 Å². The molecule has 3 aromatic rings. The zero-order valence-electron chi connectivity index (χ0n) is 14.5. The number of likely N-dealkylation sites (N-methyl/N-ethyl adjacent to an activating group) is 1. The Bertz CT molecular complexity index is 889. The van der Waals surface area contributed by atoms with Gasteiger partial charge in [0.1, 0.15) is 0 Å². The van der Waals surface area contributed by atoms with Crippen LogP contribution in [0.1, 0.15) is 15.9 Å². The van der Waals surface area contributed by atoms with Gasteiger partial charge in [0.05, 0.1) is 37.4 Å². The molecule has 3 rings (SSSR count). The highest BCUT2D eigenvalue weighted by Crippen LogP contribution is 2.31. The topological polar surface area (TPSA) is 37.6 Å². The number of hydrogen-bond acceptors (Lipinski definition) is 3. The van der Waals surface area contributed by atoms with Crippen LogP contribution in [-0.2, 0) is 0 Å². The largest absolute Gasteiger partial charge is 0.338 e. The zero-order chi connectivity index (χ0) is 18.0. The number of quaternary nitrogens is 1. The van der Waals surface area contributed by atoms with Gasteiger partial charge in [-0.25, -0.2) is 4.98 Å². The Kier molecular flexibility index (Phi) is 5.51. The summed E-state index contributed by atoms with van der Waals surface area (Å²) in [6.45, 7) is 3.55. The lowest BCUT2D eigenvalue weighted by Crippen LogP contribution is -3.06. The molecule has 130 valence electrons. The van der Waals surface area contributed by atoms with E-state index >= 15 is 0 Å². The SMILES string of the molecule is Cc1cccc2sc(N(CC[NH+](C)C)C(=O)c3ccc(Br)cc3)nc12. The molecule has 0 unspecified atom stereocenters. The number of para-hydroxylation sites is 1. The van der Waals surface area contributed by atoms with Crippen LogP contribution in [0.15, 0.2) is 46.9 Å². The van der Waals surface area contributed by atoms with E-state index in [1.165, 1.54) is 4.90 Å². The summed E-state index contributed by atoms with van der Waals surface area (Å²) in [5.41, 5.74) is 2.79. The third-order valence-corrected chi connectivity index (χ3v) is 5.58. The van der Waals surface area contributed by atoms with E-state index in [2.05, 4.69) is 49.1 Å². The molecule has 1 N–H and O–H groups in total. The van der Waals surface area contributed by atoms with Crippen molar-refractivity contribution in [2.24, 2.45) is 0 Å². The number of aromatic nitrogens is 1. The van der Waals surface area contributed by atoms with Crippen molar-refractivity contribution in [2.45, 2.75) is 6.92 Å². The molecule has 25 heavy (non-hydrogen) atoms. The molecule has 0 radical (unpaired) electrons. The third kappa shape index (κ3) is 4.08. The Morgan fingerprint density at radius 2 is 1.92 bits per heavy atom. The summed E-state index contributed by atoms with van der Waals surface area (Å²) >= 11 is 4.99. The van der Waals surface area contributed by atoms with Crippen molar-refractivity contribution >= 4 is 48.5 Å². The van der Waals surface area contributed by atoms with Crippen molar-refractivity contribution in [1.82, 2.24) is 4.98 Å². The minimum atomic E-state index is -0.00883. The number of hydrogen-bond donors (Lipinski definition) is 1. The molecule has 0 fully saturated rings. The fourth-order valence-corrected chi connectivity index (χ4v) is 3.89. The highest BCUT2D eigenvalue weighted by molar-refractivity contribution is 9.10. The van der Waals surface area contributed by atoms with E-state index in [0.717, 1.165) is 31.9 Å². The molecule has 0 spiro atoms. The number of nitrogens with one attached hydrogen (secondary N) is 1. The number of anilines is 1. The van der Waals surface area contributed by atoms with Gasteiger partial charge in [0.2, 0.25) is 0 Å². The van der Waals surface area contributed by atoms with Crippen LogP contribution in [0.4, 0.5) is 5.13 Å². The van der Waals surface area contributed by atoms with Gasteiger partial charge in [-0.15, -0.1) is 0 Å². The number of aryl methyl sites for hydroxylation is 1. The number of fused-ring (bicyclic) bond motifs is 1. The molecule has 0 aliphatic heterocycles. The minimum absolute atomic E-state index is 0.00883. The lowest BCUT2D eigenvalue weighted by Gasteiger charge is -2.20. The fraction of sp³-hybridized carbons (Fsp3) is 0.263. The molecule has 1 aromatic heterocycles. The van der Waals surface area contributed by atoms with Gasteiger partial charge in [0, 0.05) is 10.0 Å². The summed E-state index contributed by atoms with van der Waals surface area (Å²) in [7, 11) is 4.18. The van der Waals surface area contributed by atoms with E-state index in [1.54, 1.807) is 16.2 Å². The zero-order valence-corrected chi connectivity index (χ0v) is 16.9. The highest BCUT2D eigenvalue weighted by Gasteiger charge is 2.22. The van der Waals surface area contributed by atoms with Crippen molar-refractivity contribution in [3.05, 3.63) is 58.1 Å². The molecule has 1 heterocycles. The molecule has 0 saturated heterocycles. The minimum Gasteiger partial charge on any atom is -0.338 e. The monoisotopic (exact) mass is 418 g/mol. The van der Waals surface area contributed by atoms with Crippen molar-refractivity contribution in [1.29, 1.82) is 0 Å². The van der Waals surface area contributed by atoms with Gasteiger partial charge >= 0.3 is 0 Å². The Morgan fingerprint density at radius 1 is 1.20 bits per heavy atom. The maximum atomic E-state index is 13.1. The van der Waals surface area contributed by atoms with Crippen molar-refractivity contribution in [3.63, 3.8) is 0 Å². The van der Waals surface area contributed by atoms with Gasteiger partial charge in [-0.1, -0.05) is 39.4 Å². The standard InChI is InChI=1S/C19H20BrN3OS/c1-13-5-4-6-16-17(13)21-19(25-16)23(12-11-22(2)3)18(24)14-7-9-15(20)10-8-14/h4-10H,11-12H2,1-3H3/p+1. The molecule has 1 amide bonds. The van der Waals surface area contributed by atoms with Crippen LogP contribution in [0, 0.1) is 6.92 Å². The van der Waals surface area contributed by atoms with Gasteiger partial charge in [-0.05, 0) is 42.8 Å². The maximum absolute atomic E-state index is 13.1. The van der Waals surface area contributed by atoms with Crippen molar-refractivity contribution < 1.29 is 9.69 Å². The fourth-order valence-electron chi connectivity index (χ4n) is 2.56. The summed E-state index contributed by atoms with van der Waals surface area (Å²) in [5, 5.41) is 0.762. The summed E-state index contributed by atoms with van der Waals surface area (Å²) in [5.74, 6) is -0.00883. The lowest BCUT2D eigenvalue weighted by atomic mass is 10.2. The van der Waals surface area contributed by atoms with Gasteiger partial charge < -0.3 is 4.90 Å². The van der Waals surface area contributed by atoms with Gasteiger partial charge in [-0.3, -0.25) is 9.69 Å². The average Bonchev–Trinajstić information content (AvgIpc) is 3.00. The molecule has 2 aromatic carbocycles. The molecule has 0 saturated carbocycles. The Hall–Kier alpha value is -1.76. The van der Waals surface area contributed by atoms with Gasteiger partial charge in [0.25, 0.3) is 5.91 Å². The first-order chi connectivity index (χ1) is 12.0. The molecular weight excluding hydrogens is 398 g/mol. The first kappa shape index (κ1) is 18.0. The number of nitrogens with zero attached hydrogens (tertiary/aromatic N) is 2. The number of amides is 1. The lowest BCUT2D eigenvalue weighted by molar-refractivity contribution is -0.856. The van der Waals surface area contributed by atoms with Gasteiger partial charge in [-0.2, -0.15) is 0 Å². The Balaban J connectivity index is 1.99. The number of thiazole rings is 1. The van der Waals surface area contributed by atoms with E-state index in [4.69, 9.17) is 4.98 Å². The third-order valence-electron chi connectivity index (χ3n) is 4.01. The maximum Gasteiger partial charge on any atom is 0.260 e. The highest BCUT2D eigenvalue weighted by atomic mass is 79.9. The average molecular weight is 419 g/mol. The van der Waals surface area contributed by atoms with E-state index < -0.39 is 0 Å². The first-order valence-electron chi connectivity index (χ1n) is 8.18. The van der Waals surface area contributed by atoms with Crippen LogP contribution in [0.5, 0.6) is 0 Å². The van der Waals surface area contributed by atoms with Crippen LogP contribution in [0.25, 0.3) is 10.2 Å². The van der Waals surface area contributed by atoms with Crippen LogP contribution in [0.3, 0.4) is 0 Å². The summed E-state index contributed by atoms with van der Waals surface area (Å²) in [6, 6.07) is 13.6. The number of halogens is 1. The number of carbonyl (C=O) groups is 1. The quantitative estimate of drug-likeness (QED) is 0.690. The molecule has 0 bridgehead atoms. The van der Waals surface area contributed by atoms with E-state index in [-0.39, 0.29) is 5.91 Å². The van der Waals surface area contributed by atoms with Crippen molar-refractivity contribution in [3.8, 4) is 0 Å². The van der Waals surface area contributed by atoms with Crippen LogP contribution >= 0.6 is 27.3 Å². The Morgan fingerprint density at radius 3 is 2.56 bits per heavy atom. The number of rotatable bonds is 5. The van der Waals surface area contributed by atoms with Crippen molar-refractivity contribution in [2.75, 3.05) is 32.1 Å². The van der Waals surface area contributed by atoms with E-state index in [1.807, 2.05) is 30.3 Å². The molecule has 0 atom stereocenters. The van der Waals surface area contributed by atoms with Crippen LogP contribution in [-0.4, -0.2) is 38.1 Å². The predicted molar refractivity (Wildman–Crippen MR) is 108 cm³/mol. The van der Waals surface area contributed by atoms with E-state index in [0.29, 0.717) is 12.1 Å². The summed E-state index contributed by atoms with van der Waals surface area (Å²) in [4.78, 5) is 21.0. The smallest absolute Gasteiger partial charge is 0.260 e. The number of carbonyl (C=O) groups excluding carboxylic acids is 1. The molecular formula is C19H21BrN3OS+. The van der Waals surface area contributed by atoms with Crippen LogP contribution in [0.2, 0.25) is 0 Å². The van der Waals surface area contributed by atoms with Crippen LogP contribution < -0.4 is 9.80 Å². The molecule has 0 aliphatic carbocycles. The van der Waals surface area contributed by atoms with E-state index in [9.17, 15) is 4.79 Å². The molecule has 6 heteroatoms. The molecule has 4 nitrogen and oxygen atoms in total.